The lowest BCUT2D eigenvalue weighted by Gasteiger charge is -2.21. The van der Waals surface area contributed by atoms with E-state index in [4.69, 9.17) is 9.84 Å². The first-order chi connectivity index (χ1) is 15.6. The third kappa shape index (κ3) is 5.63. The van der Waals surface area contributed by atoms with Crippen molar-refractivity contribution in [3.63, 3.8) is 0 Å². The molecule has 10 heteroatoms. The fraction of sp³-hybridized carbons (Fsp3) is 0.348. The lowest BCUT2D eigenvalue weighted by molar-refractivity contribution is -0.181. The number of fused-ring (bicyclic) bond motifs is 3. The van der Waals surface area contributed by atoms with Gasteiger partial charge in [0, 0.05) is 19.0 Å². The van der Waals surface area contributed by atoms with Crippen molar-refractivity contribution in [2.24, 2.45) is 11.8 Å². The molecule has 2 aromatic carbocycles. The Labute approximate surface area is 187 Å². The number of rotatable bonds is 8. The maximum absolute atomic E-state index is 13.3. The number of amides is 2. The smallest absolute Gasteiger partial charge is 0.407 e. The average molecular weight is 464 g/mol. The monoisotopic (exact) mass is 464 g/mol. The van der Waals surface area contributed by atoms with Gasteiger partial charge in [-0.05, 0) is 22.3 Å². The molecular formula is C23H23F3N2O5. The highest BCUT2D eigenvalue weighted by molar-refractivity contribution is 5.81. The van der Waals surface area contributed by atoms with Crippen molar-refractivity contribution < 1.29 is 37.4 Å². The maximum Gasteiger partial charge on any atom is 0.407 e. The summed E-state index contributed by atoms with van der Waals surface area (Å²) in [7, 11) is 0. The number of halogens is 3. The van der Waals surface area contributed by atoms with Crippen molar-refractivity contribution in [2.45, 2.75) is 19.0 Å². The molecule has 1 aliphatic carbocycles. The zero-order valence-electron chi connectivity index (χ0n) is 17.7. The molecule has 2 atom stereocenters. The Morgan fingerprint density at radius 2 is 1.52 bits per heavy atom. The average Bonchev–Trinajstić information content (AvgIpc) is 3.09. The summed E-state index contributed by atoms with van der Waals surface area (Å²) >= 11 is 0. The lowest BCUT2D eigenvalue weighted by atomic mass is 9.98. The van der Waals surface area contributed by atoms with Crippen LogP contribution in [0.5, 0.6) is 0 Å². The van der Waals surface area contributed by atoms with Gasteiger partial charge in [-0.15, -0.1) is 0 Å². The van der Waals surface area contributed by atoms with Crippen LogP contribution in [-0.4, -0.2) is 48.9 Å². The van der Waals surface area contributed by atoms with Gasteiger partial charge in [0.1, 0.15) is 6.61 Å². The summed E-state index contributed by atoms with van der Waals surface area (Å²) in [5.41, 5.74) is 3.91. The molecule has 0 spiro atoms. The highest BCUT2D eigenvalue weighted by Crippen LogP contribution is 2.44. The highest BCUT2D eigenvalue weighted by Gasteiger charge is 2.45. The molecule has 0 aliphatic heterocycles. The summed E-state index contributed by atoms with van der Waals surface area (Å²) in [5, 5.41) is 12.7. The number of nitrogens with one attached hydrogen (secondary N) is 2. The number of ether oxygens (including phenoxy) is 1. The first-order valence-electron chi connectivity index (χ1n) is 10.3. The summed E-state index contributed by atoms with van der Waals surface area (Å²) in [4.78, 5) is 34.9. The van der Waals surface area contributed by atoms with Crippen LogP contribution in [0.15, 0.2) is 48.5 Å². The first-order valence-corrected chi connectivity index (χ1v) is 10.3. The molecule has 176 valence electrons. The molecule has 1 aliphatic rings. The van der Waals surface area contributed by atoms with Gasteiger partial charge in [0.25, 0.3) is 0 Å². The van der Waals surface area contributed by atoms with Crippen LogP contribution < -0.4 is 10.6 Å². The molecule has 2 amide bonds. The third-order valence-electron chi connectivity index (χ3n) is 5.51. The number of alkyl carbamates (subject to hydrolysis) is 1. The summed E-state index contributed by atoms with van der Waals surface area (Å²) < 4.78 is 45.1. The molecule has 3 rings (SSSR count). The topological polar surface area (TPSA) is 105 Å². The molecule has 0 bridgehead atoms. The normalized spacial score (nSPS) is 14.5. The number of alkyl halides is 3. The zero-order valence-corrected chi connectivity index (χ0v) is 17.7. The SMILES string of the molecule is CC(CNC(=O)C(CNC(=O)OCC1c2ccccc2-c2ccccc21)C(F)(F)F)C(=O)O. The van der Waals surface area contributed by atoms with E-state index in [1.54, 1.807) is 0 Å². The molecule has 7 nitrogen and oxygen atoms in total. The minimum absolute atomic E-state index is 0.0845. The Balaban J connectivity index is 1.59. The van der Waals surface area contributed by atoms with Gasteiger partial charge in [0.2, 0.25) is 5.91 Å². The summed E-state index contributed by atoms with van der Waals surface area (Å²) in [6.07, 6.45) is -6.02. The Morgan fingerprint density at radius 3 is 2.03 bits per heavy atom. The van der Waals surface area contributed by atoms with Crippen molar-refractivity contribution in [3.05, 3.63) is 59.7 Å². The van der Waals surface area contributed by atoms with Gasteiger partial charge in [0.15, 0.2) is 5.92 Å². The zero-order chi connectivity index (χ0) is 24.2. The Kier molecular flexibility index (Phi) is 7.25. The summed E-state index contributed by atoms with van der Waals surface area (Å²) in [5.74, 6) is -6.54. The molecule has 0 radical (unpaired) electrons. The molecule has 33 heavy (non-hydrogen) atoms. The van der Waals surface area contributed by atoms with E-state index >= 15 is 0 Å². The van der Waals surface area contributed by atoms with Gasteiger partial charge in [-0.1, -0.05) is 55.5 Å². The number of carbonyl (C=O) groups excluding carboxylic acids is 2. The Morgan fingerprint density at radius 1 is 0.970 bits per heavy atom. The molecular weight excluding hydrogens is 441 g/mol. The van der Waals surface area contributed by atoms with Crippen LogP contribution in [0.1, 0.15) is 24.0 Å². The quantitative estimate of drug-likeness (QED) is 0.554. The van der Waals surface area contributed by atoms with E-state index in [1.807, 2.05) is 59.2 Å². The maximum atomic E-state index is 13.3. The number of aliphatic carboxylic acids is 1. The standard InChI is InChI=1S/C23H23F3N2O5/c1-13(21(30)31)10-27-20(29)19(23(24,25)26)11-28-22(32)33-12-18-16-8-4-2-6-14(16)15-7-3-5-9-17(15)18/h2-9,13,18-19H,10-12H2,1H3,(H,27,29)(H,28,32)(H,30,31). The molecule has 0 heterocycles. The molecule has 2 unspecified atom stereocenters. The second kappa shape index (κ2) is 9.93. The van der Waals surface area contributed by atoms with E-state index in [0.29, 0.717) is 0 Å². The van der Waals surface area contributed by atoms with Gasteiger partial charge in [-0.25, -0.2) is 4.79 Å². The Hall–Kier alpha value is -3.56. The second-order valence-corrected chi connectivity index (χ2v) is 7.79. The summed E-state index contributed by atoms with van der Waals surface area (Å²) in [6, 6.07) is 15.2. The van der Waals surface area contributed by atoms with Crippen LogP contribution in [0.25, 0.3) is 11.1 Å². The van der Waals surface area contributed by atoms with Crippen molar-refractivity contribution in [1.82, 2.24) is 10.6 Å². The third-order valence-corrected chi connectivity index (χ3v) is 5.51. The van der Waals surface area contributed by atoms with Crippen molar-refractivity contribution in [1.29, 1.82) is 0 Å². The van der Waals surface area contributed by atoms with Crippen molar-refractivity contribution in [2.75, 3.05) is 19.7 Å². The molecule has 3 N–H and O–H groups in total. The predicted octanol–water partition coefficient (Wildman–Crippen LogP) is 3.54. The first kappa shape index (κ1) is 24.1. The van der Waals surface area contributed by atoms with E-state index in [2.05, 4.69) is 0 Å². The molecule has 0 saturated carbocycles. The highest BCUT2D eigenvalue weighted by atomic mass is 19.4. The van der Waals surface area contributed by atoms with Crippen LogP contribution in [-0.2, 0) is 14.3 Å². The number of carboxylic acids is 1. The van der Waals surface area contributed by atoms with E-state index in [0.717, 1.165) is 22.3 Å². The van der Waals surface area contributed by atoms with Gasteiger partial charge < -0.3 is 20.5 Å². The van der Waals surface area contributed by atoms with Gasteiger partial charge in [-0.3, -0.25) is 9.59 Å². The number of hydrogen-bond donors (Lipinski definition) is 3. The molecule has 0 aromatic heterocycles. The molecule has 2 aromatic rings. The minimum atomic E-state index is -4.94. The van der Waals surface area contributed by atoms with Gasteiger partial charge >= 0.3 is 18.2 Å². The predicted molar refractivity (Wildman–Crippen MR) is 112 cm³/mol. The number of carboxylic acid groups (broad SMARTS) is 1. The molecule has 0 fully saturated rings. The van der Waals surface area contributed by atoms with Crippen LogP contribution in [0, 0.1) is 11.8 Å². The number of carbonyl (C=O) groups is 3. The molecule has 0 saturated heterocycles. The van der Waals surface area contributed by atoms with Crippen LogP contribution in [0.3, 0.4) is 0 Å². The lowest BCUT2D eigenvalue weighted by Crippen LogP contribution is -2.47. The van der Waals surface area contributed by atoms with E-state index < -0.39 is 49.1 Å². The van der Waals surface area contributed by atoms with Crippen molar-refractivity contribution >= 4 is 18.0 Å². The minimum Gasteiger partial charge on any atom is -0.481 e. The number of benzene rings is 2. The fourth-order valence-corrected chi connectivity index (χ4v) is 3.66. The fourth-order valence-electron chi connectivity index (χ4n) is 3.66. The van der Waals surface area contributed by atoms with E-state index in [1.165, 1.54) is 6.92 Å². The largest absolute Gasteiger partial charge is 0.481 e. The Bertz CT molecular complexity index is 995. The number of hydrogen-bond acceptors (Lipinski definition) is 4. The van der Waals surface area contributed by atoms with E-state index in [9.17, 15) is 27.6 Å². The van der Waals surface area contributed by atoms with Gasteiger partial charge in [0.05, 0.1) is 5.92 Å². The van der Waals surface area contributed by atoms with Crippen LogP contribution in [0.2, 0.25) is 0 Å². The second-order valence-electron chi connectivity index (χ2n) is 7.79. The summed E-state index contributed by atoms with van der Waals surface area (Å²) in [6.45, 7) is -0.335. The van der Waals surface area contributed by atoms with Crippen molar-refractivity contribution in [3.8, 4) is 11.1 Å². The van der Waals surface area contributed by atoms with Gasteiger partial charge in [-0.2, -0.15) is 13.2 Å². The van der Waals surface area contributed by atoms with Crippen LogP contribution >= 0.6 is 0 Å². The van der Waals surface area contributed by atoms with Crippen LogP contribution in [0.4, 0.5) is 18.0 Å². The van der Waals surface area contributed by atoms with E-state index in [-0.39, 0.29) is 12.5 Å².